The SMILES string of the molecule is Cc1ccc(C(=O)NCC2CNCC2O)cc1NC(=O)c1ccccc1. The summed E-state index contributed by atoms with van der Waals surface area (Å²) in [5.74, 6) is -0.424. The number of aliphatic hydroxyl groups is 1. The zero-order valence-electron chi connectivity index (χ0n) is 14.7. The Balaban J connectivity index is 1.66. The van der Waals surface area contributed by atoms with Gasteiger partial charge in [0.1, 0.15) is 0 Å². The fourth-order valence-electron chi connectivity index (χ4n) is 2.94. The molecule has 26 heavy (non-hydrogen) atoms. The van der Waals surface area contributed by atoms with E-state index in [1.165, 1.54) is 0 Å². The second-order valence-corrected chi connectivity index (χ2v) is 6.55. The van der Waals surface area contributed by atoms with Gasteiger partial charge in [0.05, 0.1) is 6.10 Å². The molecule has 0 aliphatic carbocycles. The highest BCUT2D eigenvalue weighted by atomic mass is 16.3. The molecule has 0 spiro atoms. The quantitative estimate of drug-likeness (QED) is 0.657. The van der Waals surface area contributed by atoms with Crippen LogP contribution in [0.5, 0.6) is 0 Å². The van der Waals surface area contributed by atoms with Crippen molar-refractivity contribution in [1.82, 2.24) is 10.6 Å². The third-order valence-electron chi connectivity index (χ3n) is 4.61. The maximum atomic E-state index is 12.4. The second kappa shape index (κ2) is 8.12. The number of nitrogens with one attached hydrogen (secondary N) is 3. The van der Waals surface area contributed by atoms with Crippen molar-refractivity contribution in [2.75, 3.05) is 25.0 Å². The lowest BCUT2D eigenvalue weighted by atomic mass is 10.1. The molecule has 4 N–H and O–H groups in total. The minimum Gasteiger partial charge on any atom is -0.391 e. The van der Waals surface area contributed by atoms with Gasteiger partial charge in [-0.2, -0.15) is 0 Å². The Morgan fingerprint density at radius 2 is 1.85 bits per heavy atom. The number of carbonyl (C=O) groups is 2. The number of amides is 2. The molecule has 2 aromatic carbocycles. The average molecular weight is 353 g/mol. The minimum absolute atomic E-state index is 0.0154. The molecule has 0 aromatic heterocycles. The molecular formula is C20H23N3O3. The van der Waals surface area contributed by atoms with Crippen LogP contribution < -0.4 is 16.0 Å². The normalized spacial score (nSPS) is 19.2. The molecule has 1 heterocycles. The summed E-state index contributed by atoms with van der Waals surface area (Å²) in [6, 6.07) is 14.1. The largest absolute Gasteiger partial charge is 0.391 e. The van der Waals surface area contributed by atoms with E-state index < -0.39 is 6.10 Å². The summed E-state index contributed by atoms with van der Waals surface area (Å²) in [5, 5.41) is 18.6. The van der Waals surface area contributed by atoms with E-state index in [0.29, 0.717) is 36.4 Å². The Kier molecular flexibility index (Phi) is 5.65. The summed E-state index contributed by atoms with van der Waals surface area (Å²) in [4.78, 5) is 24.7. The van der Waals surface area contributed by atoms with Gasteiger partial charge >= 0.3 is 0 Å². The van der Waals surface area contributed by atoms with Crippen LogP contribution in [0.3, 0.4) is 0 Å². The molecule has 6 nitrogen and oxygen atoms in total. The van der Waals surface area contributed by atoms with E-state index in [2.05, 4.69) is 16.0 Å². The third-order valence-corrected chi connectivity index (χ3v) is 4.61. The summed E-state index contributed by atoms with van der Waals surface area (Å²) >= 11 is 0. The molecule has 0 bridgehead atoms. The molecule has 1 fully saturated rings. The fraction of sp³-hybridized carbons (Fsp3) is 0.300. The average Bonchev–Trinajstić information content (AvgIpc) is 3.07. The van der Waals surface area contributed by atoms with Crippen LogP contribution in [0.1, 0.15) is 26.3 Å². The first kappa shape index (κ1) is 18.1. The summed E-state index contributed by atoms with van der Waals surface area (Å²) in [6.07, 6.45) is -0.436. The van der Waals surface area contributed by atoms with Crippen molar-refractivity contribution in [3.8, 4) is 0 Å². The molecule has 136 valence electrons. The number of carbonyl (C=O) groups excluding carboxylic acids is 2. The molecule has 0 saturated carbocycles. The van der Waals surface area contributed by atoms with Gasteiger partial charge in [0.15, 0.2) is 0 Å². The summed E-state index contributed by atoms with van der Waals surface area (Å²) in [7, 11) is 0. The van der Waals surface area contributed by atoms with E-state index in [1.807, 2.05) is 19.1 Å². The predicted octanol–water partition coefficient (Wildman–Crippen LogP) is 1.56. The van der Waals surface area contributed by atoms with Crippen LogP contribution >= 0.6 is 0 Å². The number of benzene rings is 2. The maximum Gasteiger partial charge on any atom is 0.255 e. The first-order valence-electron chi connectivity index (χ1n) is 8.68. The van der Waals surface area contributed by atoms with Gasteiger partial charge in [0, 0.05) is 42.4 Å². The molecule has 2 amide bonds. The highest BCUT2D eigenvalue weighted by molar-refractivity contribution is 6.05. The van der Waals surface area contributed by atoms with Crippen molar-refractivity contribution in [2.24, 2.45) is 5.92 Å². The number of aryl methyl sites for hydroxylation is 1. The number of rotatable bonds is 5. The Morgan fingerprint density at radius 1 is 1.08 bits per heavy atom. The predicted molar refractivity (Wildman–Crippen MR) is 100 cm³/mol. The Hall–Kier alpha value is -2.70. The van der Waals surface area contributed by atoms with Crippen LogP contribution in [-0.2, 0) is 0 Å². The Morgan fingerprint density at radius 3 is 2.54 bits per heavy atom. The number of hydrogen-bond donors (Lipinski definition) is 4. The van der Waals surface area contributed by atoms with E-state index in [1.54, 1.807) is 36.4 Å². The van der Waals surface area contributed by atoms with Crippen LogP contribution in [0, 0.1) is 12.8 Å². The number of aliphatic hydroxyl groups excluding tert-OH is 1. The topological polar surface area (TPSA) is 90.5 Å². The highest BCUT2D eigenvalue weighted by Crippen LogP contribution is 2.18. The van der Waals surface area contributed by atoms with Gasteiger partial charge in [-0.15, -0.1) is 0 Å². The molecule has 1 aliphatic rings. The molecular weight excluding hydrogens is 330 g/mol. The highest BCUT2D eigenvalue weighted by Gasteiger charge is 2.25. The first-order valence-corrected chi connectivity index (χ1v) is 8.68. The molecule has 2 aromatic rings. The molecule has 1 saturated heterocycles. The number of β-amino-alcohol motifs (C(OH)–C–C–N with tert-alkyl or cyclic N) is 1. The Labute approximate surface area is 152 Å². The van der Waals surface area contributed by atoms with Crippen molar-refractivity contribution in [3.63, 3.8) is 0 Å². The van der Waals surface area contributed by atoms with Crippen molar-refractivity contribution >= 4 is 17.5 Å². The van der Waals surface area contributed by atoms with E-state index in [0.717, 1.165) is 5.56 Å². The second-order valence-electron chi connectivity index (χ2n) is 6.55. The van der Waals surface area contributed by atoms with Gasteiger partial charge in [-0.3, -0.25) is 9.59 Å². The summed E-state index contributed by atoms with van der Waals surface area (Å²) in [6.45, 7) is 3.53. The maximum absolute atomic E-state index is 12.4. The van der Waals surface area contributed by atoms with Crippen molar-refractivity contribution in [2.45, 2.75) is 13.0 Å². The van der Waals surface area contributed by atoms with E-state index >= 15 is 0 Å². The molecule has 6 heteroatoms. The van der Waals surface area contributed by atoms with E-state index in [-0.39, 0.29) is 17.7 Å². The minimum atomic E-state index is -0.436. The van der Waals surface area contributed by atoms with E-state index in [4.69, 9.17) is 0 Å². The van der Waals surface area contributed by atoms with Gasteiger partial charge in [0.25, 0.3) is 11.8 Å². The zero-order valence-corrected chi connectivity index (χ0v) is 14.7. The van der Waals surface area contributed by atoms with Crippen molar-refractivity contribution in [3.05, 3.63) is 65.2 Å². The lowest BCUT2D eigenvalue weighted by Gasteiger charge is -2.15. The Bertz CT molecular complexity index is 792. The zero-order chi connectivity index (χ0) is 18.5. The number of anilines is 1. The van der Waals surface area contributed by atoms with E-state index in [9.17, 15) is 14.7 Å². The van der Waals surface area contributed by atoms with Gasteiger partial charge in [-0.25, -0.2) is 0 Å². The lowest BCUT2D eigenvalue weighted by Crippen LogP contribution is -2.34. The lowest BCUT2D eigenvalue weighted by molar-refractivity contribution is 0.0926. The van der Waals surface area contributed by atoms with Crippen molar-refractivity contribution in [1.29, 1.82) is 0 Å². The molecule has 1 aliphatic heterocycles. The molecule has 2 unspecified atom stereocenters. The molecule has 3 rings (SSSR count). The number of hydrogen-bond acceptors (Lipinski definition) is 4. The van der Waals surface area contributed by atoms with Gasteiger partial charge < -0.3 is 21.1 Å². The smallest absolute Gasteiger partial charge is 0.255 e. The van der Waals surface area contributed by atoms with Gasteiger partial charge in [-0.1, -0.05) is 24.3 Å². The van der Waals surface area contributed by atoms with Gasteiger partial charge in [-0.05, 0) is 36.8 Å². The summed E-state index contributed by atoms with van der Waals surface area (Å²) in [5.41, 5.74) is 2.51. The summed E-state index contributed by atoms with van der Waals surface area (Å²) < 4.78 is 0. The first-order chi connectivity index (χ1) is 12.5. The van der Waals surface area contributed by atoms with Crippen LogP contribution in [0.15, 0.2) is 48.5 Å². The molecule has 0 radical (unpaired) electrons. The van der Waals surface area contributed by atoms with Crippen molar-refractivity contribution < 1.29 is 14.7 Å². The molecule has 2 atom stereocenters. The third kappa shape index (κ3) is 4.28. The van der Waals surface area contributed by atoms with Crippen LogP contribution in [0.2, 0.25) is 0 Å². The van der Waals surface area contributed by atoms with Crippen LogP contribution in [0.4, 0.5) is 5.69 Å². The monoisotopic (exact) mass is 353 g/mol. The van der Waals surface area contributed by atoms with Gasteiger partial charge in [0.2, 0.25) is 0 Å². The standard InChI is InChI=1S/C20H23N3O3/c1-13-7-8-15(19(25)22-11-16-10-21-12-18(16)24)9-17(13)23-20(26)14-5-3-2-4-6-14/h2-9,16,18,21,24H,10-12H2,1H3,(H,22,25)(H,23,26). The van der Waals surface area contributed by atoms with Crippen LogP contribution in [0.25, 0.3) is 0 Å². The fourth-order valence-corrected chi connectivity index (χ4v) is 2.94. The van der Waals surface area contributed by atoms with Crippen LogP contribution in [-0.4, -0.2) is 42.7 Å².